The fraction of sp³-hybridized carbons (Fsp3) is 0.625. The molecule has 0 saturated carbocycles. The predicted octanol–water partition coefficient (Wildman–Crippen LogP) is 4.49. The Morgan fingerprint density at radius 3 is 2.37 bits per heavy atom. The summed E-state index contributed by atoms with van der Waals surface area (Å²) in [5, 5.41) is 3.45. The minimum atomic E-state index is 0.311. The summed E-state index contributed by atoms with van der Waals surface area (Å²) in [6.07, 6.45) is 1.08. The van der Waals surface area contributed by atoms with Crippen LogP contribution in [0.15, 0.2) is 28.7 Å². The Morgan fingerprint density at radius 2 is 1.84 bits per heavy atom. The van der Waals surface area contributed by atoms with Gasteiger partial charge in [-0.2, -0.15) is 0 Å². The van der Waals surface area contributed by atoms with E-state index in [1.54, 1.807) is 0 Å². The lowest BCUT2D eigenvalue weighted by Crippen LogP contribution is -2.33. The third-order valence-electron chi connectivity index (χ3n) is 3.41. The molecule has 0 radical (unpaired) electrons. The molecule has 0 bridgehead atoms. The summed E-state index contributed by atoms with van der Waals surface area (Å²) in [5.74, 6) is 1.57. The molecule has 1 atom stereocenters. The molecule has 1 N–H and O–H groups in total. The Kier molecular flexibility index (Phi) is 6.87. The second-order valence-electron chi connectivity index (χ2n) is 5.96. The molecule has 0 aromatic heterocycles. The molecule has 1 aromatic rings. The molecule has 1 aromatic carbocycles. The van der Waals surface area contributed by atoms with Gasteiger partial charge in [-0.05, 0) is 55.1 Å². The van der Waals surface area contributed by atoms with Crippen molar-refractivity contribution < 1.29 is 4.74 Å². The normalized spacial score (nSPS) is 13.3. The monoisotopic (exact) mass is 327 g/mol. The van der Waals surface area contributed by atoms with Crippen molar-refractivity contribution >= 4 is 15.9 Å². The summed E-state index contributed by atoms with van der Waals surface area (Å²) >= 11 is 3.43. The second-order valence-corrected chi connectivity index (χ2v) is 6.88. The van der Waals surface area contributed by atoms with Crippen molar-refractivity contribution in [1.82, 2.24) is 5.32 Å². The number of ether oxygens (including phenoxy) is 1. The van der Waals surface area contributed by atoms with Gasteiger partial charge in [-0.1, -0.05) is 43.6 Å². The largest absolute Gasteiger partial charge is 0.494 e. The average molecular weight is 328 g/mol. The van der Waals surface area contributed by atoms with E-state index >= 15 is 0 Å². The smallest absolute Gasteiger partial charge is 0.119 e. The van der Waals surface area contributed by atoms with E-state index in [0.717, 1.165) is 36.3 Å². The molecule has 0 amide bonds. The van der Waals surface area contributed by atoms with Crippen molar-refractivity contribution in [3.05, 3.63) is 28.7 Å². The van der Waals surface area contributed by atoms with Gasteiger partial charge in [-0.3, -0.25) is 0 Å². The first kappa shape index (κ1) is 16.5. The van der Waals surface area contributed by atoms with E-state index in [1.807, 2.05) is 24.3 Å². The minimum Gasteiger partial charge on any atom is -0.494 e. The van der Waals surface area contributed by atoms with E-state index in [2.05, 4.69) is 48.9 Å². The van der Waals surface area contributed by atoms with Crippen molar-refractivity contribution in [2.45, 2.75) is 34.1 Å². The van der Waals surface area contributed by atoms with Crippen LogP contribution in [0.25, 0.3) is 0 Å². The Labute approximate surface area is 126 Å². The maximum absolute atomic E-state index is 5.82. The van der Waals surface area contributed by atoms with Gasteiger partial charge in [0.05, 0.1) is 6.61 Å². The van der Waals surface area contributed by atoms with Gasteiger partial charge in [0, 0.05) is 4.47 Å². The lowest BCUT2D eigenvalue weighted by Gasteiger charge is -2.31. The molecule has 0 spiro atoms. The lowest BCUT2D eigenvalue weighted by atomic mass is 9.79. The first-order chi connectivity index (χ1) is 8.93. The highest BCUT2D eigenvalue weighted by Gasteiger charge is 2.23. The van der Waals surface area contributed by atoms with E-state index in [4.69, 9.17) is 4.74 Å². The molecule has 1 unspecified atom stereocenters. The van der Waals surface area contributed by atoms with Crippen LogP contribution < -0.4 is 10.1 Å². The molecular weight excluding hydrogens is 302 g/mol. The fourth-order valence-corrected chi connectivity index (χ4v) is 2.27. The van der Waals surface area contributed by atoms with Gasteiger partial charge in [0.25, 0.3) is 0 Å². The molecule has 108 valence electrons. The third kappa shape index (κ3) is 6.44. The van der Waals surface area contributed by atoms with Crippen molar-refractivity contribution in [2.24, 2.45) is 11.3 Å². The zero-order valence-corrected chi connectivity index (χ0v) is 14.1. The van der Waals surface area contributed by atoms with Gasteiger partial charge in [0.15, 0.2) is 0 Å². The van der Waals surface area contributed by atoms with Crippen LogP contribution in [0.3, 0.4) is 0 Å². The Balaban J connectivity index is 2.41. The molecule has 0 saturated heterocycles. The molecule has 2 nitrogen and oxygen atoms in total. The van der Waals surface area contributed by atoms with Gasteiger partial charge >= 0.3 is 0 Å². The maximum Gasteiger partial charge on any atom is 0.119 e. The Hall–Kier alpha value is -0.540. The zero-order valence-electron chi connectivity index (χ0n) is 12.5. The van der Waals surface area contributed by atoms with Crippen LogP contribution in [0.5, 0.6) is 5.75 Å². The topological polar surface area (TPSA) is 21.3 Å². The van der Waals surface area contributed by atoms with E-state index in [0.29, 0.717) is 11.3 Å². The summed E-state index contributed by atoms with van der Waals surface area (Å²) in [5.41, 5.74) is 0.311. The first-order valence-electron chi connectivity index (χ1n) is 7.02. The number of rotatable bonds is 7. The SMILES string of the molecule is CCNCC(CCOc1ccc(Br)cc1)C(C)(C)C. The number of nitrogens with one attached hydrogen (secondary N) is 1. The molecule has 0 heterocycles. The first-order valence-corrected chi connectivity index (χ1v) is 7.82. The Bertz CT molecular complexity index is 356. The molecule has 0 aliphatic heterocycles. The molecule has 19 heavy (non-hydrogen) atoms. The quantitative estimate of drug-likeness (QED) is 0.796. The van der Waals surface area contributed by atoms with E-state index < -0.39 is 0 Å². The molecular formula is C16H26BrNO. The number of benzene rings is 1. The lowest BCUT2D eigenvalue weighted by molar-refractivity contribution is 0.180. The third-order valence-corrected chi connectivity index (χ3v) is 3.94. The van der Waals surface area contributed by atoms with Gasteiger partial charge in [-0.15, -0.1) is 0 Å². The molecule has 3 heteroatoms. The predicted molar refractivity (Wildman–Crippen MR) is 85.7 cm³/mol. The highest BCUT2D eigenvalue weighted by Crippen LogP contribution is 2.28. The van der Waals surface area contributed by atoms with Crippen molar-refractivity contribution in [3.8, 4) is 5.75 Å². The number of hydrogen-bond donors (Lipinski definition) is 1. The van der Waals surface area contributed by atoms with Crippen LogP contribution >= 0.6 is 15.9 Å². The van der Waals surface area contributed by atoms with E-state index in [-0.39, 0.29) is 0 Å². The zero-order chi connectivity index (χ0) is 14.3. The highest BCUT2D eigenvalue weighted by molar-refractivity contribution is 9.10. The molecule has 0 fully saturated rings. The minimum absolute atomic E-state index is 0.311. The van der Waals surface area contributed by atoms with Crippen molar-refractivity contribution in [3.63, 3.8) is 0 Å². The summed E-state index contributed by atoms with van der Waals surface area (Å²) in [6, 6.07) is 8.02. The fourth-order valence-electron chi connectivity index (χ4n) is 2.01. The molecule has 0 aliphatic carbocycles. The second kappa shape index (κ2) is 7.91. The van der Waals surface area contributed by atoms with E-state index in [9.17, 15) is 0 Å². The maximum atomic E-state index is 5.82. The number of halogens is 1. The van der Waals surface area contributed by atoms with Gasteiger partial charge < -0.3 is 10.1 Å². The van der Waals surface area contributed by atoms with Gasteiger partial charge in [-0.25, -0.2) is 0 Å². The summed E-state index contributed by atoms with van der Waals surface area (Å²) in [7, 11) is 0. The van der Waals surface area contributed by atoms with Gasteiger partial charge in [0.1, 0.15) is 5.75 Å². The van der Waals surface area contributed by atoms with Crippen LogP contribution in [0.4, 0.5) is 0 Å². The molecule has 0 aliphatic rings. The summed E-state index contributed by atoms with van der Waals surface area (Å²) < 4.78 is 6.90. The summed E-state index contributed by atoms with van der Waals surface area (Å²) in [4.78, 5) is 0. The van der Waals surface area contributed by atoms with Crippen LogP contribution in [0, 0.1) is 11.3 Å². The average Bonchev–Trinajstić information content (AvgIpc) is 2.34. The van der Waals surface area contributed by atoms with Crippen LogP contribution in [-0.4, -0.2) is 19.7 Å². The molecule has 1 rings (SSSR count). The Morgan fingerprint density at radius 1 is 1.21 bits per heavy atom. The van der Waals surface area contributed by atoms with Crippen LogP contribution in [0.1, 0.15) is 34.1 Å². The number of hydrogen-bond acceptors (Lipinski definition) is 2. The highest BCUT2D eigenvalue weighted by atomic mass is 79.9. The van der Waals surface area contributed by atoms with Crippen molar-refractivity contribution in [2.75, 3.05) is 19.7 Å². The van der Waals surface area contributed by atoms with Crippen molar-refractivity contribution in [1.29, 1.82) is 0 Å². The standard InChI is InChI=1S/C16H26BrNO/c1-5-18-12-13(16(2,3)4)10-11-19-15-8-6-14(17)7-9-15/h6-9,13,18H,5,10-12H2,1-4H3. The van der Waals surface area contributed by atoms with Crippen LogP contribution in [-0.2, 0) is 0 Å². The van der Waals surface area contributed by atoms with Crippen LogP contribution in [0.2, 0.25) is 0 Å². The van der Waals surface area contributed by atoms with Gasteiger partial charge in [0.2, 0.25) is 0 Å². The summed E-state index contributed by atoms with van der Waals surface area (Å²) in [6.45, 7) is 11.9. The van der Waals surface area contributed by atoms with E-state index in [1.165, 1.54) is 0 Å².